The van der Waals surface area contributed by atoms with Crippen molar-refractivity contribution in [2.75, 3.05) is 0 Å². The van der Waals surface area contributed by atoms with Crippen molar-refractivity contribution in [3.8, 4) is 0 Å². The third-order valence-electron chi connectivity index (χ3n) is 3.64. The van der Waals surface area contributed by atoms with Crippen molar-refractivity contribution in [1.82, 2.24) is 5.06 Å². The van der Waals surface area contributed by atoms with E-state index in [-0.39, 0.29) is 11.9 Å². The van der Waals surface area contributed by atoms with Crippen LogP contribution in [0, 0.1) is 0 Å². The number of nitrogens with zero attached hydrogens (tertiary/aromatic N) is 1. The van der Waals surface area contributed by atoms with E-state index >= 15 is 0 Å². The highest BCUT2D eigenvalue weighted by Crippen LogP contribution is 2.34. The summed E-state index contributed by atoms with van der Waals surface area (Å²) in [5.41, 5.74) is 1.37. The van der Waals surface area contributed by atoms with Crippen molar-refractivity contribution in [2.24, 2.45) is 0 Å². The Bertz CT molecular complexity index is 369. The molecule has 1 N–H and O–H groups in total. The first-order valence-corrected chi connectivity index (χ1v) is 6.22. The molecule has 1 aliphatic carbocycles. The molecule has 2 rings (SSSR count). The van der Waals surface area contributed by atoms with E-state index in [1.54, 1.807) is 0 Å². The smallest absolute Gasteiger partial charge is 0.243 e. The van der Waals surface area contributed by atoms with Crippen molar-refractivity contribution in [2.45, 2.75) is 44.6 Å². The van der Waals surface area contributed by atoms with Gasteiger partial charge in [0.25, 0.3) is 0 Å². The summed E-state index contributed by atoms with van der Waals surface area (Å²) in [6.07, 6.45) is 3.85. The minimum absolute atomic E-state index is 0.00691. The zero-order chi connectivity index (χ0) is 12.3. The van der Waals surface area contributed by atoms with Crippen molar-refractivity contribution in [3.63, 3.8) is 0 Å². The van der Waals surface area contributed by atoms with Gasteiger partial charge in [0.2, 0.25) is 5.91 Å². The van der Waals surface area contributed by atoms with Crippen LogP contribution in [0.5, 0.6) is 0 Å². The van der Waals surface area contributed by atoms with Crippen LogP contribution in [0.15, 0.2) is 30.3 Å². The van der Waals surface area contributed by atoms with Crippen molar-refractivity contribution < 1.29 is 10.0 Å². The van der Waals surface area contributed by atoms with E-state index in [2.05, 4.69) is 24.3 Å². The lowest BCUT2D eigenvalue weighted by Gasteiger charge is -2.32. The lowest BCUT2D eigenvalue weighted by Crippen LogP contribution is -2.38. The van der Waals surface area contributed by atoms with Crippen LogP contribution in [0.1, 0.15) is 44.1 Å². The van der Waals surface area contributed by atoms with Crippen LogP contribution in [0.2, 0.25) is 0 Å². The van der Waals surface area contributed by atoms with E-state index in [0.717, 1.165) is 30.7 Å². The normalized spacial score (nSPS) is 24.4. The van der Waals surface area contributed by atoms with Crippen molar-refractivity contribution in [3.05, 3.63) is 35.9 Å². The second kappa shape index (κ2) is 5.32. The highest BCUT2D eigenvalue weighted by molar-refractivity contribution is 5.72. The quantitative estimate of drug-likeness (QED) is 0.630. The van der Waals surface area contributed by atoms with Crippen LogP contribution in [0.3, 0.4) is 0 Å². The van der Waals surface area contributed by atoms with Crippen LogP contribution in [0.4, 0.5) is 0 Å². The maximum atomic E-state index is 11.1. The number of amides is 1. The maximum Gasteiger partial charge on any atom is 0.243 e. The molecule has 1 amide bonds. The van der Waals surface area contributed by atoms with E-state index in [9.17, 15) is 10.0 Å². The zero-order valence-corrected chi connectivity index (χ0v) is 10.2. The second-order valence-corrected chi connectivity index (χ2v) is 4.78. The van der Waals surface area contributed by atoms with Crippen LogP contribution in [0.25, 0.3) is 0 Å². The lowest BCUT2D eigenvalue weighted by atomic mass is 9.81. The van der Waals surface area contributed by atoms with Gasteiger partial charge in [-0.3, -0.25) is 10.0 Å². The maximum absolute atomic E-state index is 11.1. The summed E-state index contributed by atoms with van der Waals surface area (Å²) >= 11 is 0. The molecule has 1 aromatic carbocycles. The predicted molar refractivity (Wildman–Crippen MR) is 65.7 cm³/mol. The molecule has 0 saturated heterocycles. The van der Waals surface area contributed by atoms with Gasteiger partial charge in [-0.1, -0.05) is 30.3 Å². The van der Waals surface area contributed by atoms with Gasteiger partial charge < -0.3 is 0 Å². The first-order chi connectivity index (χ1) is 8.18. The summed E-state index contributed by atoms with van der Waals surface area (Å²) < 4.78 is 0. The molecule has 0 radical (unpaired) electrons. The highest BCUT2D eigenvalue weighted by atomic mass is 16.5. The monoisotopic (exact) mass is 233 g/mol. The Morgan fingerprint density at radius 2 is 1.76 bits per heavy atom. The largest absolute Gasteiger partial charge is 0.286 e. The number of carbonyl (C=O) groups is 1. The Morgan fingerprint density at radius 1 is 1.18 bits per heavy atom. The summed E-state index contributed by atoms with van der Waals surface area (Å²) in [5, 5.41) is 10.5. The average Bonchev–Trinajstić information content (AvgIpc) is 2.39. The minimum Gasteiger partial charge on any atom is -0.286 e. The molecule has 3 nitrogen and oxygen atoms in total. The Hall–Kier alpha value is -1.35. The van der Waals surface area contributed by atoms with E-state index in [0.29, 0.717) is 5.92 Å². The molecule has 17 heavy (non-hydrogen) atoms. The van der Waals surface area contributed by atoms with Crippen molar-refractivity contribution >= 4 is 5.91 Å². The summed E-state index contributed by atoms with van der Waals surface area (Å²) in [5.74, 6) is 0.320. The van der Waals surface area contributed by atoms with Crippen LogP contribution in [-0.2, 0) is 4.79 Å². The fourth-order valence-corrected chi connectivity index (χ4v) is 2.64. The van der Waals surface area contributed by atoms with E-state index < -0.39 is 0 Å². The molecule has 0 heterocycles. The molecule has 0 bridgehead atoms. The standard InChI is InChI=1S/C14H19NO2/c1-11(16)15(17)14-9-7-13(8-10-14)12-5-3-2-4-6-12/h2-6,13-14,17H,7-10H2,1H3. The molecule has 1 aliphatic rings. The first kappa shape index (κ1) is 12.1. The van der Waals surface area contributed by atoms with E-state index in [1.165, 1.54) is 12.5 Å². The Labute approximate surface area is 102 Å². The van der Waals surface area contributed by atoms with Gasteiger partial charge >= 0.3 is 0 Å². The van der Waals surface area contributed by atoms with E-state index in [4.69, 9.17) is 0 Å². The predicted octanol–water partition coefficient (Wildman–Crippen LogP) is 2.95. The highest BCUT2D eigenvalue weighted by Gasteiger charge is 2.27. The molecule has 0 unspecified atom stereocenters. The lowest BCUT2D eigenvalue weighted by molar-refractivity contribution is -0.176. The first-order valence-electron chi connectivity index (χ1n) is 6.22. The van der Waals surface area contributed by atoms with Gasteiger partial charge in [0.1, 0.15) is 0 Å². The Kier molecular flexibility index (Phi) is 3.79. The third kappa shape index (κ3) is 2.86. The summed E-state index contributed by atoms with van der Waals surface area (Å²) in [6, 6.07) is 10.5. The molecule has 0 atom stereocenters. The molecule has 1 aromatic rings. The topological polar surface area (TPSA) is 40.5 Å². The summed E-state index contributed by atoms with van der Waals surface area (Å²) in [7, 11) is 0. The van der Waals surface area contributed by atoms with Crippen molar-refractivity contribution in [1.29, 1.82) is 0 Å². The summed E-state index contributed by atoms with van der Waals surface area (Å²) in [6.45, 7) is 1.41. The summed E-state index contributed by atoms with van der Waals surface area (Å²) in [4.78, 5) is 11.1. The third-order valence-corrected chi connectivity index (χ3v) is 3.64. The fraction of sp³-hybridized carbons (Fsp3) is 0.500. The van der Waals surface area contributed by atoms with Gasteiger partial charge in [-0.2, -0.15) is 0 Å². The molecule has 3 heteroatoms. The second-order valence-electron chi connectivity index (χ2n) is 4.78. The Balaban J connectivity index is 1.93. The van der Waals surface area contributed by atoms with E-state index in [1.807, 2.05) is 6.07 Å². The van der Waals surface area contributed by atoms with Gasteiger partial charge in [-0.15, -0.1) is 0 Å². The van der Waals surface area contributed by atoms with Crippen LogP contribution in [-0.4, -0.2) is 22.2 Å². The fourth-order valence-electron chi connectivity index (χ4n) is 2.64. The number of hydrogen-bond donors (Lipinski definition) is 1. The van der Waals surface area contributed by atoms with Gasteiger partial charge in [0.15, 0.2) is 0 Å². The molecule has 0 aliphatic heterocycles. The van der Waals surface area contributed by atoms with Crippen LogP contribution >= 0.6 is 0 Å². The van der Waals surface area contributed by atoms with Crippen LogP contribution < -0.4 is 0 Å². The molecule has 1 fully saturated rings. The number of hydrogen-bond acceptors (Lipinski definition) is 2. The zero-order valence-electron chi connectivity index (χ0n) is 10.2. The molecule has 0 spiro atoms. The SMILES string of the molecule is CC(=O)N(O)C1CCC(c2ccccc2)CC1. The minimum atomic E-state index is -0.256. The molecular formula is C14H19NO2. The number of benzene rings is 1. The molecule has 0 aromatic heterocycles. The number of rotatable bonds is 2. The number of carbonyl (C=O) groups excluding carboxylic acids is 1. The average molecular weight is 233 g/mol. The van der Waals surface area contributed by atoms with Gasteiger partial charge in [0.05, 0.1) is 6.04 Å². The number of hydroxylamine groups is 2. The molecular weight excluding hydrogens is 214 g/mol. The Morgan fingerprint density at radius 3 is 2.29 bits per heavy atom. The molecule has 92 valence electrons. The van der Waals surface area contributed by atoms with Gasteiger partial charge in [-0.05, 0) is 37.2 Å². The van der Waals surface area contributed by atoms with Gasteiger partial charge in [0, 0.05) is 6.92 Å². The van der Waals surface area contributed by atoms with Gasteiger partial charge in [-0.25, -0.2) is 5.06 Å². The molecule has 1 saturated carbocycles.